The number of rotatable bonds is 3. The third-order valence-electron chi connectivity index (χ3n) is 4.40. The summed E-state index contributed by atoms with van der Waals surface area (Å²) < 4.78 is 5.75. The van der Waals surface area contributed by atoms with Gasteiger partial charge in [-0.2, -0.15) is 0 Å². The standard InChI is InChI=1S/C14H24N2O2S/c1-9(2)16-13(17)18-14-6-3-4-10(8-14)11(5-7-14)12(15)19/h9-11H,3-8H2,1-2H3,(H2,15,19)(H,16,17). The number of amides is 1. The van der Waals surface area contributed by atoms with Gasteiger partial charge in [-0.05, 0) is 58.3 Å². The number of thiocarbonyl (C=S) groups is 1. The third kappa shape index (κ3) is 3.38. The molecule has 0 saturated heterocycles. The van der Waals surface area contributed by atoms with Crippen molar-refractivity contribution >= 4 is 23.3 Å². The summed E-state index contributed by atoms with van der Waals surface area (Å²) in [5, 5.41) is 2.81. The summed E-state index contributed by atoms with van der Waals surface area (Å²) in [6.45, 7) is 3.87. The van der Waals surface area contributed by atoms with Crippen LogP contribution in [-0.4, -0.2) is 22.7 Å². The van der Waals surface area contributed by atoms with Gasteiger partial charge < -0.3 is 15.8 Å². The summed E-state index contributed by atoms with van der Waals surface area (Å²) in [7, 11) is 0. The summed E-state index contributed by atoms with van der Waals surface area (Å²) in [5.74, 6) is 0.826. The Hall–Kier alpha value is -0.840. The van der Waals surface area contributed by atoms with Gasteiger partial charge in [0.2, 0.25) is 0 Å². The molecule has 5 heteroatoms. The number of ether oxygens (including phenoxy) is 1. The molecule has 0 aromatic heterocycles. The van der Waals surface area contributed by atoms with E-state index in [2.05, 4.69) is 5.32 Å². The Bertz CT molecular complexity index is 372. The highest BCUT2D eigenvalue weighted by Gasteiger charge is 2.46. The van der Waals surface area contributed by atoms with Crippen molar-refractivity contribution < 1.29 is 9.53 Å². The zero-order valence-corrected chi connectivity index (χ0v) is 12.6. The number of hydrogen-bond donors (Lipinski definition) is 2. The van der Waals surface area contributed by atoms with Gasteiger partial charge in [0.1, 0.15) is 5.60 Å². The van der Waals surface area contributed by atoms with Gasteiger partial charge in [0.05, 0.1) is 4.99 Å². The first-order chi connectivity index (χ1) is 8.92. The number of nitrogens with two attached hydrogens (primary N) is 1. The van der Waals surface area contributed by atoms with Gasteiger partial charge in [0.15, 0.2) is 0 Å². The van der Waals surface area contributed by atoms with Crippen LogP contribution in [0.2, 0.25) is 0 Å². The molecule has 2 rings (SSSR count). The molecule has 0 radical (unpaired) electrons. The minimum Gasteiger partial charge on any atom is -0.443 e. The summed E-state index contributed by atoms with van der Waals surface area (Å²) in [4.78, 5) is 12.5. The Labute approximate surface area is 120 Å². The van der Waals surface area contributed by atoms with Crippen molar-refractivity contribution in [3.05, 3.63) is 0 Å². The van der Waals surface area contributed by atoms with Gasteiger partial charge in [-0.1, -0.05) is 12.2 Å². The molecule has 0 aromatic carbocycles. The summed E-state index contributed by atoms with van der Waals surface area (Å²) in [6.07, 6.45) is 5.69. The third-order valence-corrected chi connectivity index (χ3v) is 4.71. The van der Waals surface area contributed by atoms with Gasteiger partial charge in [-0.15, -0.1) is 0 Å². The van der Waals surface area contributed by atoms with E-state index in [0.717, 1.165) is 38.5 Å². The van der Waals surface area contributed by atoms with Crippen molar-refractivity contribution in [1.29, 1.82) is 0 Å². The van der Waals surface area contributed by atoms with E-state index in [1.54, 1.807) is 0 Å². The SMILES string of the molecule is CC(C)NC(=O)OC12CCCC(C1)C(C(N)=S)CC2. The molecule has 2 saturated carbocycles. The molecule has 2 aliphatic carbocycles. The molecule has 0 aromatic rings. The van der Waals surface area contributed by atoms with Crippen LogP contribution in [0, 0.1) is 11.8 Å². The first-order valence-corrected chi connectivity index (χ1v) is 7.61. The van der Waals surface area contributed by atoms with Crippen LogP contribution in [0.5, 0.6) is 0 Å². The van der Waals surface area contributed by atoms with E-state index in [1.807, 2.05) is 13.8 Å². The van der Waals surface area contributed by atoms with Crippen LogP contribution in [0.1, 0.15) is 52.4 Å². The molecule has 4 nitrogen and oxygen atoms in total. The quantitative estimate of drug-likeness (QED) is 0.782. The number of carbonyl (C=O) groups excluding carboxylic acids is 1. The maximum atomic E-state index is 11.8. The van der Waals surface area contributed by atoms with E-state index in [9.17, 15) is 4.79 Å². The monoisotopic (exact) mass is 284 g/mol. The van der Waals surface area contributed by atoms with Crippen molar-refractivity contribution in [3.63, 3.8) is 0 Å². The molecule has 1 amide bonds. The zero-order valence-electron chi connectivity index (χ0n) is 11.8. The molecule has 0 aliphatic heterocycles. The average Bonchev–Trinajstić information content (AvgIpc) is 2.26. The second-order valence-electron chi connectivity index (χ2n) is 6.28. The van der Waals surface area contributed by atoms with E-state index in [0.29, 0.717) is 16.8 Å². The molecule has 0 heterocycles. The summed E-state index contributed by atoms with van der Waals surface area (Å²) >= 11 is 5.16. The molecule has 19 heavy (non-hydrogen) atoms. The number of alkyl carbamates (subject to hydrolysis) is 1. The zero-order chi connectivity index (χ0) is 14.0. The maximum absolute atomic E-state index is 11.8. The average molecular weight is 284 g/mol. The van der Waals surface area contributed by atoms with Crippen molar-refractivity contribution in [2.45, 2.75) is 64.0 Å². The minimum absolute atomic E-state index is 0.108. The van der Waals surface area contributed by atoms with Gasteiger partial charge >= 0.3 is 6.09 Å². The first-order valence-electron chi connectivity index (χ1n) is 7.21. The molecule has 2 bridgehead atoms. The van der Waals surface area contributed by atoms with E-state index in [4.69, 9.17) is 22.7 Å². The Morgan fingerprint density at radius 1 is 1.42 bits per heavy atom. The minimum atomic E-state index is -0.288. The lowest BCUT2D eigenvalue weighted by molar-refractivity contribution is -0.0666. The van der Waals surface area contributed by atoms with E-state index >= 15 is 0 Å². The molecular formula is C14H24N2O2S. The van der Waals surface area contributed by atoms with Crippen molar-refractivity contribution in [3.8, 4) is 0 Å². The molecule has 3 atom stereocenters. The first kappa shape index (κ1) is 14.6. The van der Waals surface area contributed by atoms with Crippen molar-refractivity contribution in [2.75, 3.05) is 0 Å². The fourth-order valence-corrected chi connectivity index (χ4v) is 3.88. The van der Waals surface area contributed by atoms with E-state index < -0.39 is 0 Å². The number of nitrogens with one attached hydrogen (secondary N) is 1. The molecule has 0 spiro atoms. The van der Waals surface area contributed by atoms with Gasteiger partial charge in [-0.25, -0.2) is 4.79 Å². The van der Waals surface area contributed by atoms with Gasteiger partial charge in [0, 0.05) is 12.0 Å². The fraction of sp³-hybridized carbons (Fsp3) is 0.857. The molecular weight excluding hydrogens is 260 g/mol. The Balaban J connectivity index is 2.00. The number of fused-ring (bicyclic) bond motifs is 2. The molecule has 2 fully saturated rings. The molecule has 108 valence electrons. The van der Waals surface area contributed by atoms with Crippen LogP contribution in [0.25, 0.3) is 0 Å². The van der Waals surface area contributed by atoms with Crippen LogP contribution in [0.4, 0.5) is 4.79 Å². The summed E-state index contributed by atoms with van der Waals surface area (Å²) in [5.41, 5.74) is 5.55. The maximum Gasteiger partial charge on any atom is 0.407 e. The smallest absolute Gasteiger partial charge is 0.407 e. The predicted octanol–water partition coefficient (Wildman–Crippen LogP) is 2.75. The van der Waals surface area contributed by atoms with Gasteiger partial charge in [-0.3, -0.25) is 0 Å². The van der Waals surface area contributed by atoms with E-state index in [-0.39, 0.29) is 17.7 Å². The fourth-order valence-electron chi connectivity index (χ4n) is 3.57. The van der Waals surface area contributed by atoms with Crippen LogP contribution in [0.3, 0.4) is 0 Å². The Morgan fingerprint density at radius 2 is 2.16 bits per heavy atom. The van der Waals surface area contributed by atoms with Gasteiger partial charge in [0.25, 0.3) is 0 Å². The lowest BCUT2D eigenvalue weighted by atomic mass is 9.64. The van der Waals surface area contributed by atoms with E-state index in [1.165, 1.54) is 0 Å². The van der Waals surface area contributed by atoms with Crippen LogP contribution in [0.15, 0.2) is 0 Å². The molecule has 2 aliphatic rings. The second kappa shape index (κ2) is 5.65. The second-order valence-corrected chi connectivity index (χ2v) is 6.75. The summed E-state index contributed by atoms with van der Waals surface area (Å²) in [6, 6.07) is 0.108. The normalized spacial score (nSPS) is 33.8. The van der Waals surface area contributed by atoms with Crippen LogP contribution >= 0.6 is 12.2 Å². The highest BCUT2D eigenvalue weighted by atomic mass is 32.1. The number of carbonyl (C=O) groups is 1. The predicted molar refractivity (Wildman–Crippen MR) is 79.0 cm³/mol. The topological polar surface area (TPSA) is 64.3 Å². The Kier molecular flexibility index (Phi) is 4.33. The van der Waals surface area contributed by atoms with Crippen LogP contribution < -0.4 is 11.1 Å². The molecule has 3 unspecified atom stereocenters. The van der Waals surface area contributed by atoms with Crippen molar-refractivity contribution in [2.24, 2.45) is 17.6 Å². The highest BCUT2D eigenvalue weighted by Crippen LogP contribution is 2.47. The largest absolute Gasteiger partial charge is 0.443 e. The van der Waals surface area contributed by atoms with Crippen LogP contribution in [-0.2, 0) is 4.74 Å². The lowest BCUT2D eigenvalue weighted by Gasteiger charge is -2.47. The number of hydrogen-bond acceptors (Lipinski definition) is 3. The molecule has 3 N–H and O–H groups in total. The lowest BCUT2D eigenvalue weighted by Crippen LogP contribution is -2.50. The van der Waals surface area contributed by atoms with Crippen molar-refractivity contribution in [1.82, 2.24) is 5.32 Å². The Morgan fingerprint density at radius 3 is 2.79 bits per heavy atom. The highest BCUT2D eigenvalue weighted by molar-refractivity contribution is 7.80.